The molecule has 0 radical (unpaired) electrons. The fourth-order valence-corrected chi connectivity index (χ4v) is 2.58. The lowest BCUT2D eigenvalue weighted by Crippen LogP contribution is -2.35. The Balaban J connectivity index is 1.41. The van der Waals surface area contributed by atoms with Gasteiger partial charge < -0.3 is 20.1 Å². The van der Waals surface area contributed by atoms with E-state index >= 15 is 0 Å². The molecule has 0 aliphatic carbocycles. The van der Waals surface area contributed by atoms with Crippen molar-refractivity contribution in [3.05, 3.63) is 59.7 Å². The van der Waals surface area contributed by atoms with Crippen molar-refractivity contribution in [3.8, 4) is 11.5 Å². The van der Waals surface area contributed by atoms with E-state index in [-0.39, 0.29) is 0 Å². The summed E-state index contributed by atoms with van der Waals surface area (Å²) in [5.74, 6) is 1.66. The van der Waals surface area contributed by atoms with Gasteiger partial charge in [-0.05, 0) is 41.9 Å². The quantitative estimate of drug-likeness (QED) is 0.826. The first kappa shape index (κ1) is 15.6. The summed E-state index contributed by atoms with van der Waals surface area (Å²) in [6.45, 7) is 2.74. The lowest BCUT2D eigenvalue weighted by molar-refractivity contribution is 0.171. The van der Waals surface area contributed by atoms with Crippen molar-refractivity contribution in [3.63, 3.8) is 0 Å². The molecule has 0 spiro atoms. The Hall–Kier alpha value is -2.27. The minimum absolute atomic E-state index is 0.613. The zero-order valence-electron chi connectivity index (χ0n) is 12.9. The van der Waals surface area contributed by atoms with Crippen LogP contribution in [0.15, 0.2) is 48.5 Å². The molecule has 0 saturated carbocycles. The predicted molar refractivity (Wildman–Crippen MR) is 95.0 cm³/mol. The van der Waals surface area contributed by atoms with Crippen molar-refractivity contribution < 1.29 is 9.47 Å². The molecule has 0 aromatic heterocycles. The number of hydrogen-bond acceptors (Lipinski definition) is 3. The molecule has 0 saturated heterocycles. The summed E-state index contributed by atoms with van der Waals surface area (Å²) in [4.78, 5) is 0. The first-order valence-electron chi connectivity index (χ1n) is 7.75. The van der Waals surface area contributed by atoms with E-state index in [0.717, 1.165) is 31.0 Å². The predicted octanol–water partition coefficient (Wildman–Crippen LogP) is 2.66. The fourth-order valence-electron chi connectivity index (χ4n) is 2.40. The van der Waals surface area contributed by atoms with Gasteiger partial charge in [-0.3, -0.25) is 0 Å². The van der Waals surface area contributed by atoms with Crippen LogP contribution in [0.2, 0.25) is 0 Å². The average molecular weight is 328 g/mol. The molecular weight excluding hydrogens is 308 g/mol. The molecule has 2 aromatic rings. The van der Waals surface area contributed by atoms with Crippen LogP contribution >= 0.6 is 12.2 Å². The highest BCUT2D eigenvalue weighted by molar-refractivity contribution is 7.80. The highest BCUT2D eigenvalue weighted by Gasteiger charge is 2.11. The maximum Gasteiger partial charge on any atom is 0.166 e. The molecule has 120 valence electrons. The van der Waals surface area contributed by atoms with Gasteiger partial charge >= 0.3 is 0 Å². The highest BCUT2D eigenvalue weighted by Crippen LogP contribution is 2.30. The third kappa shape index (κ3) is 4.60. The Morgan fingerprint density at radius 3 is 2.52 bits per heavy atom. The van der Waals surface area contributed by atoms with Crippen LogP contribution in [0.5, 0.6) is 11.5 Å². The molecule has 5 heteroatoms. The van der Waals surface area contributed by atoms with Gasteiger partial charge in [0.25, 0.3) is 0 Å². The third-order valence-electron chi connectivity index (χ3n) is 3.60. The zero-order valence-corrected chi connectivity index (χ0v) is 13.7. The monoisotopic (exact) mass is 328 g/mol. The normalized spacial score (nSPS) is 12.5. The van der Waals surface area contributed by atoms with Crippen LogP contribution in [-0.4, -0.2) is 24.9 Å². The second kappa shape index (κ2) is 7.83. The summed E-state index contributed by atoms with van der Waals surface area (Å²) >= 11 is 5.30. The standard InChI is InChI=1S/C18H20N2O2S/c23-18(20-13-15-4-2-1-3-5-15)19-9-8-14-6-7-16-17(12-14)22-11-10-21-16/h1-7,12H,8-11,13H2,(H2,19,20,23). The Bertz CT molecular complexity index is 661. The Kier molecular flexibility index (Phi) is 5.32. The van der Waals surface area contributed by atoms with E-state index in [1.165, 1.54) is 11.1 Å². The summed E-state index contributed by atoms with van der Waals surface area (Å²) in [6.07, 6.45) is 0.879. The van der Waals surface area contributed by atoms with Gasteiger partial charge in [-0.2, -0.15) is 0 Å². The molecule has 0 amide bonds. The van der Waals surface area contributed by atoms with E-state index in [1.54, 1.807) is 0 Å². The van der Waals surface area contributed by atoms with Crippen LogP contribution in [0, 0.1) is 0 Å². The Labute approximate surface area is 141 Å². The maximum absolute atomic E-state index is 5.60. The van der Waals surface area contributed by atoms with Gasteiger partial charge in [0.15, 0.2) is 16.6 Å². The van der Waals surface area contributed by atoms with Crippen molar-refractivity contribution in [2.45, 2.75) is 13.0 Å². The molecule has 0 fully saturated rings. The summed E-state index contributed by atoms with van der Waals surface area (Å²) in [6, 6.07) is 16.3. The van der Waals surface area contributed by atoms with Crippen LogP contribution in [0.4, 0.5) is 0 Å². The van der Waals surface area contributed by atoms with Gasteiger partial charge in [0, 0.05) is 13.1 Å². The summed E-state index contributed by atoms with van der Waals surface area (Å²) in [5.41, 5.74) is 2.41. The molecule has 0 atom stereocenters. The fraction of sp³-hybridized carbons (Fsp3) is 0.278. The summed E-state index contributed by atoms with van der Waals surface area (Å²) < 4.78 is 11.1. The Morgan fingerprint density at radius 1 is 0.913 bits per heavy atom. The van der Waals surface area contributed by atoms with E-state index in [4.69, 9.17) is 21.7 Å². The second-order valence-corrected chi connectivity index (χ2v) is 5.73. The number of benzene rings is 2. The van der Waals surface area contributed by atoms with Crippen molar-refractivity contribution in [1.82, 2.24) is 10.6 Å². The first-order valence-corrected chi connectivity index (χ1v) is 8.16. The number of fused-ring (bicyclic) bond motifs is 1. The lowest BCUT2D eigenvalue weighted by atomic mass is 10.1. The largest absolute Gasteiger partial charge is 0.486 e. The SMILES string of the molecule is S=C(NCCc1ccc2c(c1)OCCO2)NCc1ccccc1. The molecule has 1 aliphatic rings. The molecule has 2 aromatic carbocycles. The van der Waals surface area contributed by atoms with Crippen LogP contribution in [0.25, 0.3) is 0 Å². The lowest BCUT2D eigenvalue weighted by Gasteiger charge is -2.19. The highest BCUT2D eigenvalue weighted by atomic mass is 32.1. The smallest absolute Gasteiger partial charge is 0.166 e. The van der Waals surface area contributed by atoms with Crippen molar-refractivity contribution in [2.75, 3.05) is 19.8 Å². The van der Waals surface area contributed by atoms with Gasteiger partial charge in [-0.1, -0.05) is 36.4 Å². The van der Waals surface area contributed by atoms with Crippen LogP contribution < -0.4 is 20.1 Å². The third-order valence-corrected chi connectivity index (χ3v) is 3.89. The maximum atomic E-state index is 5.60. The molecule has 1 aliphatic heterocycles. The molecule has 0 bridgehead atoms. The molecule has 3 rings (SSSR count). The minimum Gasteiger partial charge on any atom is -0.486 e. The molecule has 4 nitrogen and oxygen atoms in total. The van der Waals surface area contributed by atoms with Gasteiger partial charge in [0.05, 0.1) is 0 Å². The number of ether oxygens (including phenoxy) is 2. The average Bonchev–Trinajstić information content (AvgIpc) is 2.61. The van der Waals surface area contributed by atoms with Crippen molar-refractivity contribution >= 4 is 17.3 Å². The van der Waals surface area contributed by atoms with Gasteiger partial charge in [-0.25, -0.2) is 0 Å². The number of thiocarbonyl (C=S) groups is 1. The van der Waals surface area contributed by atoms with E-state index < -0.39 is 0 Å². The van der Waals surface area contributed by atoms with E-state index in [0.29, 0.717) is 18.3 Å². The molecule has 2 N–H and O–H groups in total. The second-order valence-electron chi connectivity index (χ2n) is 5.32. The first-order chi connectivity index (χ1) is 11.3. The van der Waals surface area contributed by atoms with Gasteiger partial charge in [0.1, 0.15) is 13.2 Å². The topological polar surface area (TPSA) is 42.5 Å². The van der Waals surface area contributed by atoms with Crippen LogP contribution in [0.3, 0.4) is 0 Å². The molecular formula is C18H20N2O2S. The van der Waals surface area contributed by atoms with Gasteiger partial charge in [0.2, 0.25) is 0 Å². The van der Waals surface area contributed by atoms with Crippen LogP contribution in [0.1, 0.15) is 11.1 Å². The number of nitrogens with one attached hydrogen (secondary N) is 2. The molecule has 0 unspecified atom stereocenters. The zero-order chi connectivity index (χ0) is 15.9. The van der Waals surface area contributed by atoms with Gasteiger partial charge in [-0.15, -0.1) is 0 Å². The number of rotatable bonds is 5. The summed E-state index contributed by atoms with van der Waals surface area (Å²) in [7, 11) is 0. The van der Waals surface area contributed by atoms with E-state index in [1.807, 2.05) is 30.3 Å². The summed E-state index contributed by atoms with van der Waals surface area (Å²) in [5, 5.41) is 7.11. The minimum atomic E-state index is 0.613. The molecule has 1 heterocycles. The van der Waals surface area contributed by atoms with Crippen LogP contribution in [-0.2, 0) is 13.0 Å². The molecule has 23 heavy (non-hydrogen) atoms. The van der Waals surface area contributed by atoms with Crippen molar-refractivity contribution in [2.24, 2.45) is 0 Å². The Morgan fingerprint density at radius 2 is 1.70 bits per heavy atom. The van der Waals surface area contributed by atoms with Crippen molar-refractivity contribution in [1.29, 1.82) is 0 Å². The van der Waals surface area contributed by atoms with E-state index in [2.05, 4.69) is 28.8 Å². The number of hydrogen-bond donors (Lipinski definition) is 2. The van der Waals surface area contributed by atoms with E-state index in [9.17, 15) is 0 Å².